The van der Waals surface area contributed by atoms with Crippen molar-refractivity contribution in [1.29, 1.82) is 0 Å². The van der Waals surface area contributed by atoms with Crippen LogP contribution in [0.1, 0.15) is 10.5 Å². The summed E-state index contributed by atoms with van der Waals surface area (Å²) in [6.45, 7) is -0.539. The van der Waals surface area contributed by atoms with Gasteiger partial charge in [0.05, 0.1) is 10.6 Å². The van der Waals surface area contributed by atoms with E-state index in [1.807, 2.05) is 0 Å². The average molecular weight is 290 g/mol. The number of benzene rings is 1. The highest BCUT2D eigenvalue weighted by Crippen LogP contribution is 2.17. The predicted octanol–water partition coefficient (Wildman–Crippen LogP) is 0.423. The summed E-state index contributed by atoms with van der Waals surface area (Å²) in [5.74, 6) is -1.58. The third-order valence-electron chi connectivity index (χ3n) is 2.48. The molecule has 1 aromatic heterocycles. The molecule has 1 heterocycles. The smallest absolute Gasteiger partial charge is 0.359 e. The second kappa shape index (κ2) is 5.82. The van der Waals surface area contributed by atoms with Gasteiger partial charge in [-0.25, -0.2) is 9.78 Å². The molecule has 0 unspecified atom stereocenters. The largest absolute Gasteiger partial charge is 0.451 e. The Bertz CT molecular complexity index is 709. The molecule has 21 heavy (non-hydrogen) atoms. The molecule has 1 aromatic carbocycles. The SMILES string of the molecule is NC(=O)COC(=O)c1cn(-c2cccc([N+](=O)[O-])c2)cn1. The van der Waals surface area contributed by atoms with E-state index >= 15 is 0 Å². The highest BCUT2D eigenvalue weighted by molar-refractivity contribution is 5.89. The standard InChI is InChI=1S/C12H10N4O5/c13-11(17)6-21-12(18)10-5-15(7-14-10)8-2-1-3-9(4-8)16(19)20/h1-5,7H,6H2,(H2,13,17). The maximum absolute atomic E-state index is 11.6. The number of aromatic nitrogens is 2. The van der Waals surface area contributed by atoms with Gasteiger partial charge in [0.1, 0.15) is 6.33 Å². The summed E-state index contributed by atoms with van der Waals surface area (Å²) in [4.78, 5) is 36.1. The molecule has 0 radical (unpaired) electrons. The van der Waals surface area contributed by atoms with E-state index in [0.29, 0.717) is 5.69 Å². The fraction of sp³-hybridized carbons (Fsp3) is 0.0833. The summed E-state index contributed by atoms with van der Waals surface area (Å²) in [6.07, 6.45) is 2.64. The lowest BCUT2D eigenvalue weighted by molar-refractivity contribution is -0.384. The van der Waals surface area contributed by atoms with Gasteiger partial charge in [0.25, 0.3) is 11.6 Å². The number of amides is 1. The van der Waals surface area contributed by atoms with Crippen LogP contribution in [0.5, 0.6) is 0 Å². The number of esters is 1. The molecule has 0 aliphatic rings. The topological polar surface area (TPSA) is 130 Å². The number of imidazole rings is 1. The Morgan fingerprint density at radius 3 is 2.86 bits per heavy atom. The maximum atomic E-state index is 11.6. The van der Waals surface area contributed by atoms with Gasteiger partial charge in [0.15, 0.2) is 12.3 Å². The van der Waals surface area contributed by atoms with E-state index in [9.17, 15) is 19.7 Å². The van der Waals surface area contributed by atoms with Crippen molar-refractivity contribution in [3.05, 3.63) is 52.6 Å². The van der Waals surface area contributed by atoms with E-state index in [0.717, 1.165) is 0 Å². The Hall–Kier alpha value is -3.23. The molecule has 1 amide bonds. The van der Waals surface area contributed by atoms with Gasteiger partial charge in [-0.2, -0.15) is 0 Å². The first kappa shape index (κ1) is 14.2. The molecular formula is C12H10N4O5. The molecule has 0 spiro atoms. The van der Waals surface area contributed by atoms with E-state index in [2.05, 4.69) is 9.72 Å². The van der Waals surface area contributed by atoms with E-state index in [1.54, 1.807) is 6.07 Å². The molecule has 9 nitrogen and oxygen atoms in total. The highest BCUT2D eigenvalue weighted by atomic mass is 16.6. The third-order valence-corrected chi connectivity index (χ3v) is 2.48. The maximum Gasteiger partial charge on any atom is 0.359 e. The average Bonchev–Trinajstić information content (AvgIpc) is 2.94. The predicted molar refractivity (Wildman–Crippen MR) is 69.7 cm³/mol. The van der Waals surface area contributed by atoms with E-state index in [-0.39, 0.29) is 11.4 Å². The first-order valence-corrected chi connectivity index (χ1v) is 5.71. The lowest BCUT2D eigenvalue weighted by Crippen LogP contribution is -2.21. The van der Waals surface area contributed by atoms with Crippen LogP contribution in [-0.2, 0) is 9.53 Å². The van der Waals surface area contributed by atoms with Crippen LogP contribution in [0.4, 0.5) is 5.69 Å². The molecule has 2 N–H and O–H groups in total. The monoisotopic (exact) mass is 290 g/mol. The number of nitro groups is 1. The van der Waals surface area contributed by atoms with Crippen molar-refractivity contribution in [1.82, 2.24) is 9.55 Å². The van der Waals surface area contributed by atoms with Gasteiger partial charge in [-0.05, 0) is 6.07 Å². The molecule has 0 bridgehead atoms. The molecule has 0 atom stereocenters. The zero-order valence-electron chi connectivity index (χ0n) is 10.6. The molecule has 0 aliphatic heterocycles. The quantitative estimate of drug-likeness (QED) is 0.482. The number of nitro benzene ring substituents is 1. The number of primary amides is 1. The van der Waals surface area contributed by atoms with Gasteiger partial charge in [-0.1, -0.05) is 6.07 Å². The zero-order valence-corrected chi connectivity index (χ0v) is 10.6. The van der Waals surface area contributed by atoms with E-state index in [1.165, 1.54) is 35.3 Å². The molecule has 0 fully saturated rings. The van der Waals surface area contributed by atoms with Crippen molar-refractivity contribution in [2.45, 2.75) is 0 Å². The van der Waals surface area contributed by atoms with Crippen LogP contribution >= 0.6 is 0 Å². The Labute approximate surface area is 118 Å². The summed E-state index contributed by atoms with van der Waals surface area (Å²) in [5.41, 5.74) is 5.19. The van der Waals surface area contributed by atoms with Crippen molar-refractivity contribution < 1.29 is 19.2 Å². The molecule has 0 aliphatic carbocycles. The molecule has 0 saturated carbocycles. The minimum Gasteiger partial charge on any atom is -0.451 e. The molecule has 0 saturated heterocycles. The zero-order chi connectivity index (χ0) is 15.4. The summed E-state index contributed by atoms with van der Waals surface area (Å²) in [6, 6.07) is 5.81. The summed E-state index contributed by atoms with van der Waals surface area (Å²) in [5, 5.41) is 10.7. The van der Waals surface area contributed by atoms with Crippen molar-refractivity contribution >= 4 is 17.6 Å². The fourth-order valence-corrected chi connectivity index (χ4v) is 1.55. The first-order chi connectivity index (χ1) is 9.97. The van der Waals surface area contributed by atoms with Crippen molar-refractivity contribution in [2.75, 3.05) is 6.61 Å². The molecular weight excluding hydrogens is 280 g/mol. The number of carbonyl (C=O) groups excluding carboxylic acids is 2. The van der Waals surface area contributed by atoms with Crippen molar-refractivity contribution in [2.24, 2.45) is 5.73 Å². The number of hydrogen-bond acceptors (Lipinski definition) is 6. The Morgan fingerprint density at radius 1 is 1.43 bits per heavy atom. The lowest BCUT2D eigenvalue weighted by atomic mass is 10.3. The van der Waals surface area contributed by atoms with Gasteiger partial charge < -0.3 is 15.0 Å². The Kier molecular flexibility index (Phi) is 3.93. The number of non-ortho nitro benzene ring substituents is 1. The highest BCUT2D eigenvalue weighted by Gasteiger charge is 2.13. The van der Waals surface area contributed by atoms with Crippen molar-refractivity contribution in [3.63, 3.8) is 0 Å². The minimum atomic E-state index is -0.807. The summed E-state index contributed by atoms with van der Waals surface area (Å²) >= 11 is 0. The van der Waals surface area contributed by atoms with Crippen LogP contribution < -0.4 is 5.73 Å². The van der Waals surface area contributed by atoms with Crippen LogP contribution in [0.3, 0.4) is 0 Å². The molecule has 9 heteroatoms. The fourth-order valence-electron chi connectivity index (χ4n) is 1.55. The van der Waals surface area contributed by atoms with Gasteiger partial charge in [0, 0.05) is 18.3 Å². The van der Waals surface area contributed by atoms with Crippen molar-refractivity contribution in [3.8, 4) is 5.69 Å². The van der Waals surface area contributed by atoms with Crippen LogP contribution in [0.15, 0.2) is 36.8 Å². The van der Waals surface area contributed by atoms with Gasteiger partial charge in [-0.15, -0.1) is 0 Å². The summed E-state index contributed by atoms with van der Waals surface area (Å²) < 4.78 is 6.03. The number of nitrogens with two attached hydrogens (primary N) is 1. The molecule has 2 aromatic rings. The minimum absolute atomic E-state index is 0.0391. The third kappa shape index (κ3) is 3.41. The number of ether oxygens (including phenoxy) is 1. The second-order valence-electron chi connectivity index (χ2n) is 3.99. The van der Waals surface area contributed by atoms with Crippen LogP contribution in [-0.4, -0.2) is 33.0 Å². The Balaban J connectivity index is 2.19. The molecule has 108 valence electrons. The number of rotatable bonds is 5. The van der Waals surface area contributed by atoms with E-state index < -0.39 is 23.4 Å². The Morgan fingerprint density at radius 2 is 2.19 bits per heavy atom. The number of hydrogen-bond donors (Lipinski definition) is 1. The van der Waals surface area contributed by atoms with Crippen LogP contribution in [0.25, 0.3) is 5.69 Å². The van der Waals surface area contributed by atoms with Gasteiger partial charge >= 0.3 is 5.97 Å². The first-order valence-electron chi connectivity index (χ1n) is 5.71. The van der Waals surface area contributed by atoms with Crippen LogP contribution in [0.2, 0.25) is 0 Å². The normalized spacial score (nSPS) is 10.1. The van der Waals surface area contributed by atoms with Gasteiger partial charge in [0.2, 0.25) is 0 Å². The second-order valence-corrected chi connectivity index (χ2v) is 3.99. The molecule has 2 rings (SSSR count). The summed E-state index contributed by atoms with van der Waals surface area (Å²) in [7, 11) is 0. The van der Waals surface area contributed by atoms with Crippen LogP contribution in [0, 0.1) is 10.1 Å². The number of nitrogens with zero attached hydrogens (tertiary/aromatic N) is 3. The number of carbonyl (C=O) groups is 2. The lowest BCUT2D eigenvalue weighted by Gasteiger charge is -2.01. The van der Waals surface area contributed by atoms with Gasteiger partial charge in [-0.3, -0.25) is 14.9 Å². The van der Waals surface area contributed by atoms with E-state index in [4.69, 9.17) is 5.73 Å².